The number of nitrogens with zero attached hydrogens (tertiary/aromatic N) is 2. The van der Waals surface area contributed by atoms with E-state index in [0.717, 1.165) is 5.56 Å². The van der Waals surface area contributed by atoms with Gasteiger partial charge in [0.15, 0.2) is 15.7 Å². The van der Waals surface area contributed by atoms with Gasteiger partial charge in [-0.25, -0.2) is 17.8 Å². The molecule has 25 heavy (non-hydrogen) atoms. The predicted molar refractivity (Wildman–Crippen MR) is 94.3 cm³/mol. The van der Waals surface area contributed by atoms with Crippen LogP contribution in [0, 0.1) is 5.82 Å². The van der Waals surface area contributed by atoms with Gasteiger partial charge in [0.2, 0.25) is 0 Å². The first-order chi connectivity index (χ1) is 11.9. The van der Waals surface area contributed by atoms with E-state index in [2.05, 4.69) is 15.3 Å². The van der Waals surface area contributed by atoms with Crippen molar-refractivity contribution in [2.75, 3.05) is 11.6 Å². The van der Waals surface area contributed by atoms with Crippen LogP contribution in [0.3, 0.4) is 0 Å². The number of rotatable bonds is 5. The van der Waals surface area contributed by atoms with E-state index in [1.807, 2.05) is 0 Å². The molecule has 128 valence electrons. The van der Waals surface area contributed by atoms with Gasteiger partial charge in [-0.3, -0.25) is 4.98 Å². The lowest BCUT2D eigenvalue weighted by molar-refractivity contribution is 0.602. The number of sulfone groups is 1. The lowest BCUT2D eigenvalue weighted by atomic mass is 10.1. The largest absolute Gasteiger partial charge is 0.364 e. The van der Waals surface area contributed by atoms with E-state index in [1.54, 1.807) is 42.5 Å². The summed E-state index contributed by atoms with van der Waals surface area (Å²) in [5.74, 6) is 0.0864. The van der Waals surface area contributed by atoms with Crippen LogP contribution in [-0.2, 0) is 16.4 Å². The summed E-state index contributed by atoms with van der Waals surface area (Å²) in [6, 6.07) is 12.9. The molecule has 3 aromatic rings. The molecule has 2 aromatic carbocycles. The highest BCUT2D eigenvalue weighted by Gasteiger charge is 2.12. The topological polar surface area (TPSA) is 72.0 Å². The van der Waals surface area contributed by atoms with Crippen LogP contribution in [0.4, 0.5) is 10.2 Å². The summed E-state index contributed by atoms with van der Waals surface area (Å²) >= 11 is 0. The van der Waals surface area contributed by atoms with Crippen LogP contribution in [0.1, 0.15) is 5.56 Å². The second kappa shape index (κ2) is 6.98. The standard InChI is InChI=1S/C18H16FN3O2S/c1-25(23,24)14-8-6-13(7-9-14)12-22-18-17(20-10-11-21-18)15-4-2-3-5-16(15)19/h2-11H,12H2,1H3,(H,21,22). The first-order valence-electron chi connectivity index (χ1n) is 7.54. The molecule has 0 fully saturated rings. The van der Waals surface area contributed by atoms with Gasteiger partial charge < -0.3 is 5.32 Å². The van der Waals surface area contributed by atoms with Crippen LogP contribution >= 0.6 is 0 Å². The van der Waals surface area contributed by atoms with Gasteiger partial charge in [0.1, 0.15) is 11.5 Å². The average Bonchev–Trinajstić information content (AvgIpc) is 2.60. The summed E-state index contributed by atoms with van der Waals surface area (Å²) in [5.41, 5.74) is 1.66. The zero-order valence-corrected chi connectivity index (χ0v) is 14.3. The van der Waals surface area contributed by atoms with Crippen molar-refractivity contribution >= 4 is 15.7 Å². The summed E-state index contributed by atoms with van der Waals surface area (Å²) in [7, 11) is -3.22. The molecule has 1 heterocycles. The van der Waals surface area contributed by atoms with Gasteiger partial charge in [0, 0.05) is 30.8 Å². The Balaban J connectivity index is 1.82. The van der Waals surface area contributed by atoms with E-state index < -0.39 is 9.84 Å². The minimum absolute atomic E-state index is 0.266. The Hall–Kier alpha value is -2.80. The van der Waals surface area contributed by atoms with E-state index in [-0.39, 0.29) is 10.7 Å². The van der Waals surface area contributed by atoms with E-state index in [9.17, 15) is 12.8 Å². The number of anilines is 1. The molecule has 1 aromatic heterocycles. The zero-order valence-electron chi connectivity index (χ0n) is 13.5. The Kier molecular flexibility index (Phi) is 4.76. The third-order valence-corrected chi connectivity index (χ3v) is 4.77. The van der Waals surface area contributed by atoms with Gasteiger partial charge in [-0.05, 0) is 29.8 Å². The fourth-order valence-electron chi connectivity index (χ4n) is 2.36. The second-order valence-corrected chi connectivity index (χ2v) is 7.52. The van der Waals surface area contributed by atoms with Crippen molar-refractivity contribution in [3.05, 3.63) is 72.3 Å². The van der Waals surface area contributed by atoms with Crippen molar-refractivity contribution in [1.29, 1.82) is 0 Å². The van der Waals surface area contributed by atoms with Crippen LogP contribution < -0.4 is 5.32 Å². The second-order valence-electron chi connectivity index (χ2n) is 5.50. The molecule has 0 saturated carbocycles. The number of aromatic nitrogens is 2. The summed E-state index contributed by atoms with van der Waals surface area (Å²) in [6.45, 7) is 0.407. The molecular formula is C18H16FN3O2S. The first-order valence-corrected chi connectivity index (χ1v) is 9.43. The Morgan fingerprint density at radius 2 is 1.68 bits per heavy atom. The fraction of sp³-hybridized carbons (Fsp3) is 0.111. The Morgan fingerprint density at radius 1 is 1.00 bits per heavy atom. The van der Waals surface area contributed by atoms with Crippen molar-refractivity contribution in [1.82, 2.24) is 9.97 Å². The fourth-order valence-corrected chi connectivity index (χ4v) is 2.99. The van der Waals surface area contributed by atoms with Crippen molar-refractivity contribution in [2.45, 2.75) is 11.4 Å². The van der Waals surface area contributed by atoms with Crippen molar-refractivity contribution in [2.24, 2.45) is 0 Å². The highest BCUT2D eigenvalue weighted by atomic mass is 32.2. The summed E-state index contributed by atoms with van der Waals surface area (Å²) in [6.07, 6.45) is 4.20. The quantitative estimate of drug-likeness (QED) is 0.758. The van der Waals surface area contributed by atoms with E-state index in [0.29, 0.717) is 23.6 Å². The predicted octanol–water partition coefficient (Wildman–Crippen LogP) is 3.30. The normalized spacial score (nSPS) is 11.3. The Bertz CT molecular complexity index is 989. The number of halogens is 1. The number of benzene rings is 2. The highest BCUT2D eigenvalue weighted by Crippen LogP contribution is 2.26. The van der Waals surface area contributed by atoms with Gasteiger partial charge in [-0.15, -0.1) is 0 Å². The third-order valence-electron chi connectivity index (χ3n) is 3.64. The van der Waals surface area contributed by atoms with Gasteiger partial charge in [-0.2, -0.15) is 0 Å². The van der Waals surface area contributed by atoms with E-state index in [1.165, 1.54) is 24.7 Å². The Labute approximate surface area is 145 Å². The molecular weight excluding hydrogens is 341 g/mol. The molecule has 0 aliphatic heterocycles. The van der Waals surface area contributed by atoms with Crippen LogP contribution in [0.25, 0.3) is 11.3 Å². The molecule has 0 spiro atoms. The number of hydrogen-bond donors (Lipinski definition) is 1. The molecule has 0 saturated heterocycles. The Morgan fingerprint density at radius 3 is 2.36 bits per heavy atom. The van der Waals surface area contributed by atoms with E-state index >= 15 is 0 Å². The van der Waals surface area contributed by atoms with E-state index in [4.69, 9.17) is 0 Å². The average molecular weight is 357 g/mol. The summed E-state index contributed by atoms with van der Waals surface area (Å²) in [4.78, 5) is 8.72. The maximum atomic E-state index is 14.0. The molecule has 3 rings (SSSR count). The monoisotopic (exact) mass is 357 g/mol. The van der Waals surface area contributed by atoms with Crippen LogP contribution in [0.5, 0.6) is 0 Å². The maximum Gasteiger partial charge on any atom is 0.175 e. The highest BCUT2D eigenvalue weighted by molar-refractivity contribution is 7.90. The lowest BCUT2D eigenvalue weighted by Gasteiger charge is -2.11. The van der Waals surface area contributed by atoms with Crippen LogP contribution in [0.15, 0.2) is 65.8 Å². The molecule has 0 aliphatic rings. The van der Waals surface area contributed by atoms with Gasteiger partial charge in [-0.1, -0.05) is 24.3 Å². The molecule has 0 atom stereocenters. The van der Waals surface area contributed by atoms with Gasteiger partial charge in [0.25, 0.3) is 0 Å². The molecule has 0 amide bonds. The molecule has 0 bridgehead atoms. The molecule has 1 N–H and O–H groups in total. The third kappa shape index (κ3) is 4.00. The van der Waals surface area contributed by atoms with Crippen LogP contribution in [0.2, 0.25) is 0 Å². The SMILES string of the molecule is CS(=O)(=O)c1ccc(CNc2nccnc2-c2ccccc2F)cc1. The number of hydrogen-bond acceptors (Lipinski definition) is 5. The van der Waals surface area contributed by atoms with Crippen molar-refractivity contribution in [3.63, 3.8) is 0 Å². The first kappa shape index (κ1) is 17.0. The maximum absolute atomic E-state index is 14.0. The van der Waals surface area contributed by atoms with Crippen LogP contribution in [-0.4, -0.2) is 24.6 Å². The number of nitrogens with one attached hydrogen (secondary N) is 1. The van der Waals surface area contributed by atoms with Gasteiger partial charge in [0.05, 0.1) is 4.90 Å². The molecule has 0 unspecified atom stereocenters. The van der Waals surface area contributed by atoms with Gasteiger partial charge >= 0.3 is 0 Å². The molecule has 7 heteroatoms. The van der Waals surface area contributed by atoms with Crippen molar-refractivity contribution in [3.8, 4) is 11.3 Å². The summed E-state index contributed by atoms with van der Waals surface area (Å²) < 4.78 is 37.0. The van der Waals surface area contributed by atoms with Crippen molar-refractivity contribution < 1.29 is 12.8 Å². The molecule has 0 aliphatic carbocycles. The minimum atomic E-state index is -3.22. The smallest absolute Gasteiger partial charge is 0.175 e. The molecule has 0 radical (unpaired) electrons. The lowest BCUT2D eigenvalue weighted by Crippen LogP contribution is -2.05. The molecule has 5 nitrogen and oxygen atoms in total. The summed E-state index contributed by atoms with van der Waals surface area (Å²) in [5, 5.41) is 3.12. The zero-order chi connectivity index (χ0) is 17.9. The minimum Gasteiger partial charge on any atom is -0.364 e.